The summed E-state index contributed by atoms with van der Waals surface area (Å²) in [6.45, 7) is 0.524. The van der Waals surface area contributed by atoms with Crippen LogP contribution in [0.5, 0.6) is 0 Å². The van der Waals surface area contributed by atoms with E-state index in [4.69, 9.17) is 9.15 Å². The molecular weight excluding hydrogens is 296 g/mol. The molecule has 6 nitrogen and oxygen atoms in total. The van der Waals surface area contributed by atoms with E-state index in [-0.39, 0.29) is 11.8 Å². The number of nitro groups is 1. The predicted octanol–water partition coefficient (Wildman–Crippen LogP) is 3.86. The molecule has 1 unspecified atom stereocenters. The van der Waals surface area contributed by atoms with Crippen molar-refractivity contribution >= 4 is 22.6 Å². The minimum atomic E-state index is -0.429. The second kappa shape index (κ2) is 5.24. The Bertz CT molecular complexity index is 915. The van der Waals surface area contributed by atoms with Gasteiger partial charge in [0.1, 0.15) is 11.7 Å². The molecule has 1 aliphatic rings. The smallest absolute Gasteiger partial charge is 0.270 e. The second-order valence-electron chi connectivity index (χ2n) is 5.25. The first-order chi connectivity index (χ1) is 11.2. The molecule has 0 N–H and O–H groups in total. The monoisotopic (exact) mass is 308 g/mol. The maximum Gasteiger partial charge on any atom is 0.270 e. The van der Waals surface area contributed by atoms with Crippen LogP contribution in [-0.2, 0) is 4.74 Å². The highest BCUT2D eigenvalue weighted by atomic mass is 16.6. The number of nitro benzene ring substituents is 1. The second-order valence-corrected chi connectivity index (χ2v) is 5.25. The largest absolute Gasteiger partial charge is 0.465 e. The lowest BCUT2D eigenvalue weighted by Gasteiger charge is -2.10. The van der Waals surface area contributed by atoms with Crippen LogP contribution in [-0.4, -0.2) is 17.4 Å². The van der Waals surface area contributed by atoms with Gasteiger partial charge < -0.3 is 9.15 Å². The Kier molecular flexibility index (Phi) is 3.08. The maximum absolute atomic E-state index is 10.8. The molecule has 23 heavy (non-hydrogen) atoms. The van der Waals surface area contributed by atoms with Gasteiger partial charge in [0.15, 0.2) is 5.76 Å². The molecule has 0 amide bonds. The Morgan fingerprint density at radius 1 is 1.13 bits per heavy atom. The fraction of sp³-hybridized carbons (Fsp3) is 0.118. The molecule has 0 saturated heterocycles. The number of rotatable bonds is 3. The first-order valence-electron chi connectivity index (χ1n) is 7.15. The zero-order valence-electron chi connectivity index (χ0n) is 12.0. The van der Waals surface area contributed by atoms with Crippen LogP contribution in [0.2, 0.25) is 0 Å². The Hall–Kier alpha value is -3.15. The molecule has 1 aromatic heterocycles. The molecule has 1 atom stereocenters. The summed E-state index contributed by atoms with van der Waals surface area (Å²) >= 11 is 0. The van der Waals surface area contributed by atoms with E-state index in [2.05, 4.69) is 4.99 Å². The first-order valence-corrected chi connectivity index (χ1v) is 7.15. The van der Waals surface area contributed by atoms with Crippen LogP contribution in [0.1, 0.15) is 17.4 Å². The van der Waals surface area contributed by atoms with Gasteiger partial charge in [0.05, 0.1) is 11.5 Å². The standard InChI is InChI=1S/C17H12N2O4/c20-19(21)13-6-7-14-12(8-13)9-15(22-14)17-18-10-16(23-17)11-4-2-1-3-5-11/h1-9,16H,10H2. The van der Waals surface area contributed by atoms with Gasteiger partial charge in [-0.3, -0.25) is 10.1 Å². The van der Waals surface area contributed by atoms with E-state index >= 15 is 0 Å². The van der Waals surface area contributed by atoms with E-state index in [1.807, 2.05) is 30.3 Å². The van der Waals surface area contributed by atoms with Gasteiger partial charge in [0.25, 0.3) is 11.6 Å². The van der Waals surface area contributed by atoms with Gasteiger partial charge in [-0.05, 0) is 17.7 Å². The van der Waals surface area contributed by atoms with Crippen molar-refractivity contribution in [2.24, 2.45) is 4.99 Å². The summed E-state index contributed by atoms with van der Waals surface area (Å²) in [6, 6.07) is 16.0. The predicted molar refractivity (Wildman–Crippen MR) is 84.5 cm³/mol. The van der Waals surface area contributed by atoms with Crippen LogP contribution in [0.25, 0.3) is 11.0 Å². The van der Waals surface area contributed by atoms with E-state index in [9.17, 15) is 10.1 Å². The molecule has 3 aromatic rings. The van der Waals surface area contributed by atoms with Crippen LogP contribution in [0.4, 0.5) is 5.69 Å². The van der Waals surface area contributed by atoms with E-state index in [1.165, 1.54) is 12.1 Å². The molecule has 0 saturated carbocycles. The third-order valence-electron chi connectivity index (χ3n) is 3.75. The number of ether oxygens (including phenoxy) is 1. The van der Waals surface area contributed by atoms with Crippen LogP contribution in [0, 0.1) is 10.1 Å². The molecule has 0 spiro atoms. The van der Waals surface area contributed by atoms with Crippen molar-refractivity contribution in [2.45, 2.75) is 6.10 Å². The Balaban J connectivity index is 1.61. The zero-order valence-corrected chi connectivity index (χ0v) is 12.0. The number of non-ortho nitro benzene ring substituents is 1. The number of fused-ring (bicyclic) bond motifs is 1. The topological polar surface area (TPSA) is 77.9 Å². The van der Waals surface area contributed by atoms with Crippen molar-refractivity contribution in [1.82, 2.24) is 0 Å². The first kappa shape index (κ1) is 13.5. The fourth-order valence-electron chi connectivity index (χ4n) is 2.60. The molecule has 2 heterocycles. The molecule has 1 aliphatic heterocycles. The lowest BCUT2D eigenvalue weighted by molar-refractivity contribution is -0.384. The van der Waals surface area contributed by atoms with E-state index < -0.39 is 4.92 Å². The highest BCUT2D eigenvalue weighted by Crippen LogP contribution is 2.29. The summed E-state index contributed by atoms with van der Waals surface area (Å²) < 4.78 is 11.6. The van der Waals surface area contributed by atoms with Crippen molar-refractivity contribution in [2.75, 3.05) is 6.54 Å². The lowest BCUT2D eigenvalue weighted by Crippen LogP contribution is -2.05. The van der Waals surface area contributed by atoms with Gasteiger partial charge >= 0.3 is 0 Å². The fourth-order valence-corrected chi connectivity index (χ4v) is 2.60. The summed E-state index contributed by atoms with van der Waals surface area (Å²) in [4.78, 5) is 14.8. The number of aliphatic imine (C=N–C) groups is 1. The van der Waals surface area contributed by atoms with Crippen LogP contribution >= 0.6 is 0 Å². The van der Waals surface area contributed by atoms with Gasteiger partial charge in [-0.1, -0.05) is 30.3 Å². The van der Waals surface area contributed by atoms with E-state index in [1.54, 1.807) is 12.1 Å². The summed E-state index contributed by atoms with van der Waals surface area (Å²) in [6.07, 6.45) is -0.131. The molecule has 0 fully saturated rings. The SMILES string of the molecule is O=[N+]([O-])c1ccc2oc(C3=NCC(c4ccccc4)O3)cc2c1. The average Bonchev–Trinajstić information content (AvgIpc) is 3.21. The highest BCUT2D eigenvalue weighted by Gasteiger charge is 2.25. The molecular formula is C17H12N2O4. The van der Waals surface area contributed by atoms with Gasteiger partial charge in [0.2, 0.25) is 0 Å². The number of benzene rings is 2. The van der Waals surface area contributed by atoms with Crippen molar-refractivity contribution < 1.29 is 14.1 Å². The molecule has 0 radical (unpaired) electrons. The van der Waals surface area contributed by atoms with Crippen LogP contribution in [0.15, 0.2) is 64.0 Å². The van der Waals surface area contributed by atoms with Crippen LogP contribution < -0.4 is 0 Å². The Morgan fingerprint density at radius 2 is 1.96 bits per heavy atom. The molecule has 4 rings (SSSR count). The van der Waals surface area contributed by atoms with Gasteiger partial charge in [-0.15, -0.1) is 0 Å². The summed E-state index contributed by atoms with van der Waals surface area (Å²) in [5.41, 5.74) is 1.65. The third-order valence-corrected chi connectivity index (χ3v) is 3.75. The quantitative estimate of drug-likeness (QED) is 0.543. The Morgan fingerprint density at radius 3 is 2.74 bits per heavy atom. The molecule has 6 heteroatoms. The summed E-state index contributed by atoms with van der Waals surface area (Å²) in [5, 5.41) is 11.5. The maximum atomic E-state index is 10.8. The minimum absolute atomic E-state index is 0.0290. The van der Waals surface area contributed by atoms with Gasteiger partial charge in [0, 0.05) is 17.5 Å². The lowest BCUT2D eigenvalue weighted by atomic mass is 10.1. The van der Waals surface area contributed by atoms with Crippen LogP contribution in [0.3, 0.4) is 0 Å². The van der Waals surface area contributed by atoms with Crippen molar-refractivity contribution in [3.05, 3.63) is 76.0 Å². The molecule has 0 bridgehead atoms. The number of nitrogens with zero attached hydrogens (tertiary/aromatic N) is 2. The zero-order chi connectivity index (χ0) is 15.8. The van der Waals surface area contributed by atoms with E-state index in [0.717, 1.165) is 5.56 Å². The average molecular weight is 308 g/mol. The number of hydrogen-bond donors (Lipinski definition) is 0. The van der Waals surface area contributed by atoms with E-state index in [0.29, 0.717) is 29.2 Å². The molecule has 114 valence electrons. The summed E-state index contributed by atoms with van der Waals surface area (Å²) in [7, 11) is 0. The van der Waals surface area contributed by atoms with Gasteiger partial charge in [-0.25, -0.2) is 4.99 Å². The highest BCUT2D eigenvalue weighted by molar-refractivity contribution is 5.97. The number of furan rings is 1. The van der Waals surface area contributed by atoms with Crippen molar-refractivity contribution in [3.63, 3.8) is 0 Å². The normalized spacial score (nSPS) is 17.0. The van der Waals surface area contributed by atoms with Crippen molar-refractivity contribution in [3.8, 4) is 0 Å². The van der Waals surface area contributed by atoms with Crippen molar-refractivity contribution in [1.29, 1.82) is 0 Å². The minimum Gasteiger partial charge on any atom is -0.465 e. The summed E-state index contributed by atoms with van der Waals surface area (Å²) in [5.74, 6) is 0.914. The molecule has 2 aromatic carbocycles. The number of hydrogen-bond acceptors (Lipinski definition) is 5. The third kappa shape index (κ3) is 2.44. The Labute approximate surface area is 131 Å². The molecule has 0 aliphatic carbocycles. The van der Waals surface area contributed by atoms with Gasteiger partial charge in [-0.2, -0.15) is 0 Å².